The molecule has 0 bridgehead atoms. The van der Waals surface area contributed by atoms with Crippen LogP contribution in [0.15, 0.2) is 28.7 Å². The molecule has 0 aliphatic carbocycles. The third kappa shape index (κ3) is 3.55. The summed E-state index contributed by atoms with van der Waals surface area (Å²) in [6.45, 7) is 8.10. The minimum atomic E-state index is -0.868. The number of primary amides is 1. The number of nitrogens with two attached hydrogens (primary N) is 1. The maximum Gasteiger partial charge on any atom is 0.267 e. The number of nitrogens with zero attached hydrogens (tertiary/aromatic N) is 5. The average Bonchev–Trinajstić information content (AvgIpc) is 2.67. The molecule has 0 saturated carbocycles. The number of anilines is 1. The first-order valence-electron chi connectivity index (χ1n) is 8.87. The molecule has 2 aromatic heterocycles. The molecule has 2 N–H and O–H groups in total. The summed E-state index contributed by atoms with van der Waals surface area (Å²) >= 11 is 0. The van der Waals surface area contributed by atoms with Gasteiger partial charge in [0.05, 0.1) is 5.56 Å². The van der Waals surface area contributed by atoms with Crippen LogP contribution in [-0.4, -0.2) is 52.9 Å². The van der Waals surface area contributed by atoms with E-state index in [1.807, 2.05) is 17.9 Å². The van der Waals surface area contributed by atoms with Gasteiger partial charge in [-0.15, -0.1) is 0 Å². The van der Waals surface area contributed by atoms with E-state index >= 15 is 0 Å². The number of aromatic nitrogens is 2. The van der Waals surface area contributed by atoms with Gasteiger partial charge in [0, 0.05) is 32.4 Å². The molecule has 0 spiro atoms. The van der Waals surface area contributed by atoms with E-state index in [0.29, 0.717) is 24.6 Å². The highest BCUT2D eigenvalue weighted by atomic mass is 16.1. The van der Waals surface area contributed by atoms with Crippen LogP contribution in [-0.2, 0) is 4.79 Å². The fourth-order valence-corrected chi connectivity index (χ4v) is 3.25. The Morgan fingerprint density at radius 1 is 1.37 bits per heavy atom. The molecule has 1 amide bonds. The highest BCUT2D eigenvalue weighted by Gasteiger charge is 2.23. The maximum atomic E-state index is 13.1. The van der Waals surface area contributed by atoms with Crippen molar-refractivity contribution in [1.29, 1.82) is 5.26 Å². The van der Waals surface area contributed by atoms with Gasteiger partial charge in [-0.3, -0.25) is 14.0 Å². The number of amides is 1. The normalized spacial score (nSPS) is 15.7. The smallest absolute Gasteiger partial charge is 0.267 e. The lowest BCUT2D eigenvalue weighted by Gasteiger charge is -2.35. The molecule has 1 saturated heterocycles. The summed E-state index contributed by atoms with van der Waals surface area (Å²) in [5, 5.41) is 9.21. The van der Waals surface area contributed by atoms with Gasteiger partial charge in [-0.25, -0.2) is 4.98 Å². The van der Waals surface area contributed by atoms with Gasteiger partial charge in [0.2, 0.25) is 0 Å². The Bertz CT molecular complexity index is 1010. The van der Waals surface area contributed by atoms with Crippen LogP contribution in [0.2, 0.25) is 0 Å². The Morgan fingerprint density at radius 3 is 2.67 bits per heavy atom. The average molecular weight is 366 g/mol. The van der Waals surface area contributed by atoms with E-state index in [1.54, 1.807) is 18.3 Å². The monoisotopic (exact) mass is 366 g/mol. The summed E-state index contributed by atoms with van der Waals surface area (Å²) in [4.78, 5) is 33.7. The van der Waals surface area contributed by atoms with Gasteiger partial charge in [0.15, 0.2) is 0 Å². The summed E-state index contributed by atoms with van der Waals surface area (Å²) in [6.07, 6.45) is 2.89. The Labute approximate surface area is 157 Å². The van der Waals surface area contributed by atoms with Crippen molar-refractivity contribution in [2.45, 2.75) is 13.8 Å². The number of pyridine rings is 1. The predicted molar refractivity (Wildman–Crippen MR) is 103 cm³/mol. The molecule has 3 heterocycles. The second-order valence-corrected chi connectivity index (χ2v) is 6.49. The minimum absolute atomic E-state index is 0.207. The van der Waals surface area contributed by atoms with E-state index in [4.69, 9.17) is 10.7 Å². The quantitative estimate of drug-likeness (QED) is 0.625. The van der Waals surface area contributed by atoms with E-state index in [0.717, 1.165) is 25.2 Å². The number of rotatable bonds is 4. The van der Waals surface area contributed by atoms with Gasteiger partial charge in [-0.05, 0) is 31.2 Å². The largest absolute Gasteiger partial charge is 0.365 e. The Morgan fingerprint density at radius 2 is 2.07 bits per heavy atom. The summed E-state index contributed by atoms with van der Waals surface area (Å²) in [6, 6.07) is 5.42. The number of hydrogen-bond acceptors (Lipinski definition) is 6. The Kier molecular flexibility index (Phi) is 5.23. The van der Waals surface area contributed by atoms with E-state index in [1.165, 1.54) is 10.5 Å². The van der Waals surface area contributed by atoms with Crippen LogP contribution < -0.4 is 16.2 Å². The van der Waals surface area contributed by atoms with Crippen molar-refractivity contribution in [3.8, 4) is 6.07 Å². The zero-order chi connectivity index (χ0) is 19.6. The number of nitriles is 1. The summed E-state index contributed by atoms with van der Waals surface area (Å²) in [5.41, 5.74) is 6.31. The molecule has 27 heavy (non-hydrogen) atoms. The van der Waals surface area contributed by atoms with Gasteiger partial charge in [-0.2, -0.15) is 5.26 Å². The second kappa shape index (κ2) is 7.60. The molecule has 3 rings (SSSR count). The highest BCUT2D eigenvalue weighted by Crippen LogP contribution is 2.21. The van der Waals surface area contributed by atoms with Crippen LogP contribution in [0.1, 0.15) is 18.1 Å². The van der Waals surface area contributed by atoms with Crippen LogP contribution in [0.4, 0.5) is 5.82 Å². The molecular weight excluding hydrogens is 344 g/mol. The predicted octanol–water partition coefficient (Wildman–Crippen LogP) is 0.537. The first kappa shape index (κ1) is 18.6. The number of likely N-dealkylation sites (N-methyl/N-ethyl adjacent to an activating group) is 1. The summed E-state index contributed by atoms with van der Waals surface area (Å²) in [5.74, 6) is -0.382. The van der Waals surface area contributed by atoms with E-state index < -0.39 is 5.91 Å². The topological polar surface area (TPSA) is 108 Å². The van der Waals surface area contributed by atoms with E-state index in [9.17, 15) is 14.9 Å². The number of piperazine rings is 1. The van der Waals surface area contributed by atoms with Crippen LogP contribution in [0, 0.1) is 18.3 Å². The van der Waals surface area contributed by atoms with Gasteiger partial charge in [0.1, 0.15) is 23.1 Å². The van der Waals surface area contributed by atoms with Crippen molar-refractivity contribution in [3.63, 3.8) is 0 Å². The molecule has 140 valence electrons. The molecule has 0 aromatic carbocycles. The van der Waals surface area contributed by atoms with Crippen molar-refractivity contribution >= 4 is 23.4 Å². The van der Waals surface area contributed by atoms with Crippen molar-refractivity contribution in [1.82, 2.24) is 14.3 Å². The fraction of sp³-hybridized carbons (Fsp3) is 0.368. The van der Waals surface area contributed by atoms with Crippen molar-refractivity contribution < 1.29 is 4.79 Å². The van der Waals surface area contributed by atoms with Crippen LogP contribution in [0.5, 0.6) is 0 Å². The number of aryl methyl sites for hydroxylation is 1. The number of hydrogen-bond donors (Lipinski definition) is 1. The zero-order valence-corrected chi connectivity index (χ0v) is 15.5. The number of carbonyl (C=O) groups excluding carboxylic acids is 1. The molecule has 1 aliphatic rings. The molecule has 0 atom stereocenters. The molecule has 2 aromatic rings. The summed E-state index contributed by atoms with van der Waals surface area (Å²) < 4.78 is 1.43. The first-order valence-corrected chi connectivity index (χ1v) is 8.87. The van der Waals surface area contributed by atoms with Crippen molar-refractivity contribution in [3.05, 3.63) is 45.4 Å². The fourth-order valence-electron chi connectivity index (χ4n) is 3.25. The number of fused-ring (bicyclic) bond motifs is 1. The lowest BCUT2D eigenvalue weighted by molar-refractivity contribution is -0.114. The standard InChI is InChI=1S/C19H22N6O2/c1-3-23-7-9-24(10-8-23)18-15(11-14(12-20)16(21)26)19(27)25-6-4-5-13(2)17(25)22-18/h4-6,11H,3,7-10H2,1-2H3,(H2,21,26)/b14-11+. The second-order valence-electron chi connectivity index (χ2n) is 6.49. The van der Waals surface area contributed by atoms with Gasteiger partial charge in [0.25, 0.3) is 11.5 Å². The first-order chi connectivity index (χ1) is 13.0. The zero-order valence-electron chi connectivity index (χ0n) is 15.5. The Balaban J connectivity index is 2.22. The highest BCUT2D eigenvalue weighted by molar-refractivity contribution is 6.01. The molecule has 1 aliphatic heterocycles. The van der Waals surface area contributed by atoms with Crippen LogP contribution in [0.25, 0.3) is 11.7 Å². The van der Waals surface area contributed by atoms with Gasteiger partial charge >= 0.3 is 0 Å². The molecule has 0 radical (unpaired) electrons. The Hall–Kier alpha value is -3.18. The molecule has 8 heteroatoms. The lowest BCUT2D eigenvalue weighted by atomic mass is 10.1. The third-order valence-electron chi connectivity index (χ3n) is 4.86. The number of carbonyl (C=O) groups is 1. The minimum Gasteiger partial charge on any atom is -0.365 e. The van der Waals surface area contributed by atoms with Gasteiger partial charge < -0.3 is 15.5 Å². The van der Waals surface area contributed by atoms with Crippen LogP contribution in [0.3, 0.4) is 0 Å². The van der Waals surface area contributed by atoms with Crippen molar-refractivity contribution in [2.75, 3.05) is 37.6 Å². The van der Waals surface area contributed by atoms with Crippen LogP contribution >= 0.6 is 0 Å². The van der Waals surface area contributed by atoms with Gasteiger partial charge in [-0.1, -0.05) is 13.0 Å². The molecule has 8 nitrogen and oxygen atoms in total. The lowest BCUT2D eigenvalue weighted by Crippen LogP contribution is -2.47. The molecular formula is C19H22N6O2. The van der Waals surface area contributed by atoms with E-state index in [-0.39, 0.29) is 16.7 Å². The maximum absolute atomic E-state index is 13.1. The molecule has 1 fully saturated rings. The van der Waals surface area contributed by atoms with Crippen molar-refractivity contribution in [2.24, 2.45) is 5.73 Å². The SMILES string of the molecule is CCN1CCN(c2nc3c(C)cccn3c(=O)c2/C=C(\C#N)C(N)=O)CC1. The third-order valence-corrected chi connectivity index (χ3v) is 4.86. The van der Waals surface area contributed by atoms with E-state index in [2.05, 4.69) is 11.8 Å². The molecule has 0 unspecified atom stereocenters. The summed E-state index contributed by atoms with van der Waals surface area (Å²) in [7, 11) is 0.